The Morgan fingerprint density at radius 1 is 0.667 bits per heavy atom. The molecule has 1 aliphatic rings. The lowest BCUT2D eigenvalue weighted by Crippen LogP contribution is -2.67. The molecule has 1 fully saturated rings. The zero-order valence-electron chi connectivity index (χ0n) is 6.70. The molecule has 12 heavy (non-hydrogen) atoms. The van der Waals surface area contributed by atoms with Gasteiger partial charge in [0.25, 0.3) is 0 Å². The number of hydrogen-bond donors (Lipinski definition) is 6. The Morgan fingerprint density at radius 3 is 1.08 bits per heavy atom. The van der Waals surface area contributed by atoms with E-state index in [-0.39, 0.29) is 0 Å². The highest BCUT2D eigenvalue weighted by Crippen LogP contribution is 1.97. The molecular formula is C3H15N9. The van der Waals surface area contributed by atoms with Crippen molar-refractivity contribution in [3.63, 3.8) is 0 Å². The minimum absolute atomic E-state index is 0.575. The van der Waals surface area contributed by atoms with Crippen molar-refractivity contribution < 1.29 is 0 Å². The van der Waals surface area contributed by atoms with Crippen LogP contribution in [0.5, 0.6) is 0 Å². The standard InChI is InChI=1S/C3H15N9/c4-7-10-1-11(8-5)3-12(2-10)9-6/h7-9H,1-6H2. The lowest BCUT2D eigenvalue weighted by atomic mass is 10.7. The molecule has 0 atom stereocenters. The van der Waals surface area contributed by atoms with Crippen LogP contribution in [0.2, 0.25) is 0 Å². The van der Waals surface area contributed by atoms with E-state index in [0.29, 0.717) is 20.0 Å². The summed E-state index contributed by atoms with van der Waals surface area (Å²) in [4.78, 5) is 0. The van der Waals surface area contributed by atoms with Gasteiger partial charge in [0.2, 0.25) is 0 Å². The Morgan fingerprint density at radius 2 is 0.917 bits per heavy atom. The molecule has 1 aliphatic heterocycles. The summed E-state index contributed by atoms with van der Waals surface area (Å²) in [5.41, 5.74) is 7.47. The average molecular weight is 177 g/mol. The van der Waals surface area contributed by atoms with Gasteiger partial charge in [-0.3, -0.25) is 17.5 Å². The molecule has 0 aromatic heterocycles. The molecule has 0 unspecified atom stereocenters. The Labute approximate surface area is 70.2 Å². The molecule has 0 amide bonds. The van der Waals surface area contributed by atoms with E-state index < -0.39 is 0 Å². The zero-order valence-corrected chi connectivity index (χ0v) is 6.70. The van der Waals surface area contributed by atoms with E-state index in [1.165, 1.54) is 0 Å². The minimum Gasteiger partial charge on any atom is -0.257 e. The van der Waals surface area contributed by atoms with Crippen molar-refractivity contribution in [3.8, 4) is 0 Å². The van der Waals surface area contributed by atoms with Crippen molar-refractivity contribution in [3.05, 3.63) is 0 Å². The van der Waals surface area contributed by atoms with Gasteiger partial charge in [-0.1, -0.05) is 0 Å². The van der Waals surface area contributed by atoms with Crippen LogP contribution >= 0.6 is 0 Å². The largest absolute Gasteiger partial charge is 0.257 e. The monoisotopic (exact) mass is 177 g/mol. The molecule has 1 saturated heterocycles. The van der Waals surface area contributed by atoms with Crippen LogP contribution in [0, 0.1) is 0 Å². The van der Waals surface area contributed by atoms with Gasteiger partial charge in [-0.2, -0.15) is 31.6 Å². The second kappa shape index (κ2) is 4.61. The summed E-state index contributed by atoms with van der Waals surface area (Å²) in [6, 6.07) is 0. The molecule has 0 aliphatic carbocycles. The SMILES string of the molecule is NNN1CN(NN)CN(NN)C1. The van der Waals surface area contributed by atoms with Crippen LogP contribution in [-0.2, 0) is 0 Å². The second-order valence-corrected chi connectivity index (χ2v) is 2.43. The predicted molar refractivity (Wildman–Crippen MR) is 42.1 cm³/mol. The number of hydrazine groups is 6. The van der Waals surface area contributed by atoms with Crippen LogP contribution in [0.25, 0.3) is 0 Å². The van der Waals surface area contributed by atoms with Crippen molar-refractivity contribution >= 4 is 0 Å². The molecule has 0 spiro atoms. The predicted octanol–water partition coefficient (Wildman–Crippen LogP) is -4.09. The molecule has 9 N–H and O–H groups in total. The van der Waals surface area contributed by atoms with Crippen molar-refractivity contribution in [2.45, 2.75) is 0 Å². The second-order valence-electron chi connectivity index (χ2n) is 2.43. The van der Waals surface area contributed by atoms with Crippen LogP contribution in [0.4, 0.5) is 0 Å². The van der Waals surface area contributed by atoms with Gasteiger partial charge < -0.3 is 0 Å². The first-order chi connectivity index (χ1) is 5.80. The lowest BCUT2D eigenvalue weighted by molar-refractivity contribution is -0.101. The quantitative estimate of drug-likeness (QED) is 0.188. The van der Waals surface area contributed by atoms with Gasteiger partial charge >= 0.3 is 0 Å². The summed E-state index contributed by atoms with van der Waals surface area (Å²) in [7, 11) is 0. The number of nitrogens with one attached hydrogen (secondary N) is 3. The fraction of sp³-hybridized carbons (Fsp3) is 1.00. The van der Waals surface area contributed by atoms with Crippen molar-refractivity contribution in [2.24, 2.45) is 17.5 Å². The summed E-state index contributed by atoms with van der Waals surface area (Å²) in [6.45, 7) is 1.72. The van der Waals surface area contributed by atoms with E-state index in [1.54, 1.807) is 15.0 Å². The van der Waals surface area contributed by atoms with Gasteiger partial charge in [0.1, 0.15) is 0 Å². The normalized spacial score (nSPS) is 23.2. The maximum absolute atomic E-state index is 5.22. The maximum atomic E-state index is 5.22. The topological polar surface area (TPSA) is 124 Å². The van der Waals surface area contributed by atoms with Gasteiger partial charge in [0.05, 0.1) is 20.0 Å². The highest BCUT2D eigenvalue weighted by molar-refractivity contribution is 4.57. The van der Waals surface area contributed by atoms with Crippen molar-refractivity contribution in [1.29, 1.82) is 0 Å². The van der Waals surface area contributed by atoms with E-state index in [0.717, 1.165) is 0 Å². The van der Waals surface area contributed by atoms with E-state index in [1.807, 2.05) is 0 Å². The zero-order chi connectivity index (χ0) is 8.97. The first kappa shape index (κ1) is 9.73. The fourth-order valence-electron chi connectivity index (χ4n) is 0.997. The minimum atomic E-state index is 0.575. The van der Waals surface area contributed by atoms with E-state index in [4.69, 9.17) is 17.5 Å². The summed E-state index contributed by atoms with van der Waals surface area (Å²) in [5.74, 6) is 15.7. The summed E-state index contributed by atoms with van der Waals surface area (Å²) in [5, 5.41) is 5.13. The number of rotatable bonds is 3. The van der Waals surface area contributed by atoms with Crippen LogP contribution in [-0.4, -0.2) is 35.0 Å². The van der Waals surface area contributed by atoms with Gasteiger partial charge in [-0.15, -0.1) is 0 Å². The van der Waals surface area contributed by atoms with Crippen LogP contribution in [0.15, 0.2) is 0 Å². The van der Waals surface area contributed by atoms with Gasteiger partial charge in [-0.05, 0) is 0 Å². The van der Waals surface area contributed by atoms with Gasteiger partial charge in [0.15, 0.2) is 0 Å². The molecule has 0 radical (unpaired) electrons. The van der Waals surface area contributed by atoms with Crippen LogP contribution < -0.4 is 34.1 Å². The van der Waals surface area contributed by atoms with E-state index in [9.17, 15) is 0 Å². The third-order valence-corrected chi connectivity index (χ3v) is 1.57. The molecule has 1 heterocycles. The molecule has 0 saturated carbocycles. The summed E-state index contributed by atoms with van der Waals surface area (Å²) < 4.78 is 0. The van der Waals surface area contributed by atoms with E-state index >= 15 is 0 Å². The van der Waals surface area contributed by atoms with Crippen molar-refractivity contribution in [2.75, 3.05) is 20.0 Å². The fourth-order valence-corrected chi connectivity index (χ4v) is 0.997. The highest BCUT2D eigenvalue weighted by Gasteiger charge is 2.20. The third kappa shape index (κ3) is 2.31. The van der Waals surface area contributed by atoms with Crippen molar-refractivity contribution in [1.82, 2.24) is 31.6 Å². The molecule has 0 aromatic rings. The molecule has 1 rings (SSSR count). The first-order valence-corrected chi connectivity index (χ1v) is 3.43. The highest BCUT2D eigenvalue weighted by atomic mass is 15.8. The Hall–Kier alpha value is -0.360. The molecular weight excluding hydrogens is 162 g/mol. The van der Waals surface area contributed by atoms with Gasteiger partial charge in [0, 0.05) is 0 Å². The number of nitrogens with zero attached hydrogens (tertiary/aromatic N) is 3. The Bertz CT molecular complexity index is 97.2. The summed E-state index contributed by atoms with van der Waals surface area (Å²) in [6.07, 6.45) is 0. The maximum Gasteiger partial charge on any atom is 0.0838 e. The summed E-state index contributed by atoms with van der Waals surface area (Å²) >= 11 is 0. The molecule has 0 bridgehead atoms. The van der Waals surface area contributed by atoms with Gasteiger partial charge in [-0.25, -0.2) is 0 Å². The van der Waals surface area contributed by atoms with E-state index in [2.05, 4.69) is 16.6 Å². The molecule has 72 valence electrons. The van der Waals surface area contributed by atoms with Crippen LogP contribution in [0.1, 0.15) is 0 Å². The first-order valence-electron chi connectivity index (χ1n) is 3.43. The molecule has 9 nitrogen and oxygen atoms in total. The van der Waals surface area contributed by atoms with Crippen LogP contribution in [0.3, 0.4) is 0 Å². The Kier molecular flexibility index (Phi) is 3.74. The lowest BCUT2D eigenvalue weighted by Gasteiger charge is -2.39. The Balaban J connectivity index is 2.41. The number of nitrogens with two attached hydrogens (primary N) is 3. The third-order valence-electron chi connectivity index (χ3n) is 1.57. The molecule has 0 aromatic carbocycles. The number of hydrogen-bond acceptors (Lipinski definition) is 9. The molecule has 9 heteroatoms. The average Bonchev–Trinajstić information content (AvgIpc) is 2.16. The smallest absolute Gasteiger partial charge is 0.0838 e.